The Morgan fingerprint density at radius 2 is 2.16 bits per heavy atom. The molecule has 3 atom stereocenters. The van der Waals surface area contributed by atoms with E-state index in [1.54, 1.807) is 0 Å². The highest BCUT2D eigenvalue weighted by atomic mass is 16.1. The summed E-state index contributed by atoms with van der Waals surface area (Å²) in [6.07, 6.45) is 8.30. The zero-order valence-electron chi connectivity index (χ0n) is 11.3. The average Bonchev–Trinajstić information content (AvgIpc) is 2.90. The molecule has 0 bridgehead atoms. The Balaban J connectivity index is 1.81. The van der Waals surface area contributed by atoms with Crippen LogP contribution in [0, 0.1) is 11.8 Å². The summed E-state index contributed by atoms with van der Waals surface area (Å²) >= 11 is 0. The number of carbonyl (C=O) groups is 1. The first-order valence-corrected chi connectivity index (χ1v) is 7.49. The van der Waals surface area contributed by atoms with Crippen molar-refractivity contribution in [3.63, 3.8) is 0 Å². The van der Waals surface area contributed by atoms with Crippen LogP contribution in [0.2, 0.25) is 0 Å². The minimum absolute atomic E-state index is 0.0355. The van der Waals surface area contributed by atoms with Crippen molar-refractivity contribution in [1.29, 1.82) is 0 Å². The molecule has 0 amide bonds. The van der Waals surface area contributed by atoms with Crippen LogP contribution in [0.4, 0.5) is 0 Å². The Labute approximate surface area is 114 Å². The Bertz CT molecular complexity index is 472. The molecule has 19 heavy (non-hydrogen) atoms. The molecule has 3 unspecified atom stereocenters. The summed E-state index contributed by atoms with van der Waals surface area (Å²) in [5, 5.41) is 0. The molecule has 0 radical (unpaired) electrons. The molecule has 3 heteroatoms. The topological polar surface area (TPSA) is 56.0 Å². The Kier molecular flexibility index (Phi) is 3.65. The highest BCUT2D eigenvalue weighted by molar-refractivity contribution is 5.88. The van der Waals surface area contributed by atoms with Crippen molar-refractivity contribution in [2.45, 2.75) is 44.4 Å². The predicted molar refractivity (Wildman–Crippen MR) is 74.8 cm³/mol. The van der Waals surface area contributed by atoms with E-state index in [4.69, 9.17) is 5.73 Å². The summed E-state index contributed by atoms with van der Waals surface area (Å²) in [6.45, 7) is 0.651. The van der Waals surface area contributed by atoms with Gasteiger partial charge in [0, 0.05) is 12.1 Å². The van der Waals surface area contributed by atoms with E-state index in [-0.39, 0.29) is 11.8 Å². The molecule has 1 heterocycles. The summed E-state index contributed by atoms with van der Waals surface area (Å²) in [4.78, 5) is 17.3. The van der Waals surface area contributed by atoms with Crippen LogP contribution in [-0.2, 0) is 11.2 Å². The molecule has 2 aliphatic rings. The lowest BCUT2D eigenvalue weighted by atomic mass is 9.73. The molecular weight excluding hydrogens is 236 g/mol. The van der Waals surface area contributed by atoms with Crippen molar-refractivity contribution in [3.8, 4) is 0 Å². The van der Waals surface area contributed by atoms with Gasteiger partial charge in [0.2, 0.25) is 0 Å². The maximum absolute atomic E-state index is 12.8. The number of aryl methyl sites for hydroxylation is 1. The molecule has 3 rings (SSSR count). The first-order chi connectivity index (χ1) is 9.31. The molecule has 1 aromatic heterocycles. The van der Waals surface area contributed by atoms with E-state index < -0.39 is 0 Å². The fraction of sp³-hybridized carbons (Fsp3) is 0.625. The van der Waals surface area contributed by atoms with Crippen molar-refractivity contribution in [2.24, 2.45) is 17.6 Å². The van der Waals surface area contributed by atoms with Gasteiger partial charge < -0.3 is 5.73 Å². The zero-order chi connectivity index (χ0) is 13.2. The van der Waals surface area contributed by atoms with Gasteiger partial charge in [-0.2, -0.15) is 0 Å². The number of hydrogen-bond acceptors (Lipinski definition) is 3. The second-order valence-electron chi connectivity index (χ2n) is 5.93. The third-order valence-electron chi connectivity index (χ3n) is 4.88. The molecule has 0 aliphatic heterocycles. The van der Waals surface area contributed by atoms with Crippen LogP contribution in [0.3, 0.4) is 0 Å². The van der Waals surface area contributed by atoms with E-state index in [1.807, 2.05) is 12.3 Å². The maximum atomic E-state index is 12.8. The predicted octanol–water partition coefficient (Wildman–Crippen LogP) is 2.45. The number of pyridine rings is 1. The number of hydrogen-bond donors (Lipinski definition) is 1. The van der Waals surface area contributed by atoms with Gasteiger partial charge in [-0.1, -0.05) is 18.9 Å². The second kappa shape index (κ2) is 5.41. The molecule has 1 saturated carbocycles. The summed E-state index contributed by atoms with van der Waals surface area (Å²) in [5.41, 5.74) is 8.16. The molecule has 1 fully saturated rings. The molecule has 2 aliphatic carbocycles. The summed E-state index contributed by atoms with van der Waals surface area (Å²) in [5.74, 6) is 1.02. The number of aromatic nitrogens is 1. The van der Waals surface area contributed by atoms with Crippen LogP contribution in [0.15, 0.2) is 18.3 Å². The van der Waals surface area contributed by atoms with E-state index in [2.05, 4.69) is 11.1 Å². The van der Waals surface area contributed by atoms with Gasteiger partial charge in [0.1, 0.15) is 5.78 Å². The summed E-state index contributed by atoms with van der Waals surface area (Å²) in [7, 11) is 0. The highest BCUT2D eigenvalue weighted by Gasteiger charge is 2.37. The zero-order valence-corrected chi connectivity index (χ0v) is 11.3. The van der Waals surface area contributed by atoms with Crippen LogP contribution in [-0.4, -0.2) is 17.3 Å². The van der Waals surface area contributed by atoms with Crippen molar-refractivity contribution in [2.75, 3.05) is 6.54 Å². The third kappa shape index (κ3) is 2.32. The van der Waals surface area contributed by atoms with Gasteiger partial charge >= 0.3 is 0 Å². The van der Waals surface area contributed by atoms with Gasteiger partial charge in [-0.3, -0.25) is 9.78 Å². The van der Waals surface area contributed by atoms with E-state index in [1.165, 1.54) is 18.4 Å². The first-order valence-electron chi connectivity index (χ1n) is 7.49. The molecule has 3 nitrogen and oxygen atoms in total. The first kappa shape index (κ1) is 12.8. The number of nitrogens with two attached hydrogens (primary N) is 1. The summed E-state index contributed by atoms with van der Waals surface area (Å²) in [6, 6.07) is 4.08. The van der Waals surface area contributed by atoms with E-state index >= 15 is 0 Å². The smallest absolute Gasteiger partial charge is 0.145 e. The van der Waals surface area contributed by atoms with Crippen LogP contribution in [0.5, 0.6) is 0 Å². The van der Waals surface area contributed by atoms with Gasteiger partial charge in [0.15, 0.2) is 0 Å². The van der Waals surface area contributed by atoms with E-state index in [0.29, 0.717) is 18.2 Å². The molecular formula is C16H22N2O. The molecule has 0 spiro atoms. The molecule has 0 saturated heterocycles. The van der Waals surface area contributed by atoms with Crippen LogP contribution in [0.1, 0.15) is 49.3 Å². The maximum Gasteiger partial charge on any atom is 0.145 e. The van der Waals surface area contributed by atoms with Crippen LogP contribution >= 0.6 is 0 Å². The number of Topliss-reactive ketones (excluding diaryl/α,β-unsaturated/α-hetero) is 1. The number of carbonyl (C=O) groups excluding carboxylic acids is 1. The SMILES string of the molecule is NCC1CCCCC1C(=O)C1CCc2cccnc21. The molecule has 0 aromatic carbocycles. The van der Waals surface area contributed by atoms with Gasteiger partial charge in [-0.05, 0) is 49.8 Å². The van der Waals surface area contributed by atoms with Gasteiger partial charge in [-0.15, -0.1) is 0 Å². The Hall–Kier alpha value is -1.22. The van der Waals surface area contributed by atoms with Crippen molar-refractivity contribution in [3.05, 3.63) is 29.6 Å². The largest absolute Gasteiger partial charge is 0.330 e. The lowest BCUT2D eigenvalue weighted by Crippen LogP contribution is -2.34. The fourth-order valence-corrected chi connectivity index (χ4v) is 3.81. The monoisotopic (exact) mass is 258 g/mol. The number of fused-ring (bicyclic) bond motifs is 1. The average molecular weight is 258 g/mol. The van der Waals surface area contributed by atoms with Gasteiger partial charge in [0.25, 0.3) is 0 Å². The Morgan fingerprint density at radius 1 is 1.32 bits per heavy atom. The minimum atomic E-state index is 0.0355. The summed E-state index contributed by atoms with van der Waals surface area (Å²) < 4.78 is 0. The normalized spacial score (nSPS) is 30.1. The lowest BCUT2D eigenvalue weighted by Gasteiger charge is -2.31. The van der Waals surface area contributed by atoms with Gasteiger partial charge in [0.05, 0.1) is 11.6 Å². The molecule has 1 aromatic rings. The molecule has 102 valence electrons. The third-order valence-corrected chi connectivity index (χ3v) is 4.88. The number of ketones is 1. The van der Waals surface area contributed by atoms with Crippen molar-refractivity contribution >= 4 is 5.78 Å². The lowest BCUT2D eigenvalue weighted by molar-refractivity contribution is -0.127. The van der Waals surface area contributed by atoms with E-state index in [9.17, 15) is 4.79 Å². The fourth-order valence-electron chi connectivity index (χ4n) is 3.81. The minimum Gasteiger partial charge on any atom is -0.330 e. The quantitative estimate of drug-likeness (QED) is 0.906. The standard InChI is InChI=1S/C16H22N2O/c17-10-12-4-1-2-6-13(12)16(19)14-8-7-11-5-3-9-18-15(11)14/h3,5,9,12-14H,1-2,4,6-8,10,17H2. The van der Waals surface area contributed by atoms with E-state index in [0.717, 1.165) is 31.4 Å². The second-order valence-corrected chi connectivity index (χ2v) is 5.93. The van der Waals surface area contributed by atoms with Crippen molar-refractivity contribution in [1.82, 2.24) is 4.98 Å². The van der Waals surface area contributed by atoms with Gasteiger partial charge in [-0.25, -0.2) is 0 Å². The van der Waals surface area contributed by atoms with Crippen LogP contribution < -0.4 is 5.73 Å². The highest BCUT2D eigenvalue weighted by Crippen LogP contribution is 2.39. The van der Waals surface area contributed by atoms with Crippen LogP contribution in [0.25, 0.3) is 0 Å². The Morgan fingerprint density at radius 3 is 3.00 bits per heavy atom. The number of nitrogens with zero attached hydrogens (tertiary/aromatic N) is 1. The number of rotatable bonds is 3. The van der Waals surface area contributed by atoms with Crippen molar-refractivity contribution < 1.29 is 4.79 Å². The molecule has 2 N–H and O–H groups in total.